The number of hydrogen-bond donors (Lipinski definition) is 1. The molecule has 0 aromatic heterocycles. The highest BCUT2D eigenvalue weighted by Crippen LogP contribution is 2.44. The molecule has 4 rings (SSSR count). The maximum Gasteiger partial charge on any atom is 0.161 e. The Bertz CT molecular complexity index is 805. The van der Waals surface area contributed by atoms with Gasteiger partial charge in [-0.25, -0.2) is 0 Å². The summed E-state index contributed by atoms with van der Waals surface area (Å²) in [5.74, 6) is 2.02. The Morgan fingerprint density at radius 1 is 1.08 bits per heavy atom. The van der Waals surface area contributed by atoms with Crippen molar-refractivity contribution in [2.45, 2.75) is 37.8 Å². The average molecular weight is 352 g/mol. The first-order valence-electron chi connectivity index (χ1n) is 9.41. The van der Waals surface area contributed by atoms with Crippen LogP contribution in [0.4, 0.5) is 0 Å². The van der Waals surface area contributed by atoms with E-state index >= 15 is 0 Å². The number of methoxy groups -OCH3 is 2. The van der Waals surface area contributed by atoms with Crippen LogP contribution >= 0.6 is 0 Å². The lowest BCUT2D eigenvalue weighted by atomic mass is 9.78. The minimum Gasteiger partial charge on any atom is -0.493 e. The predicted molar refractivity (Wildman–Crippen MR) is 104 cm³/mol. The molecule has 0 bridgehead atoms. The third-order valence-electron chi connectivity index (χ3n) is 6.03. The third kappa shape index (κ3) is 2.97. The molecular formula is C22H28N2O2. The lowest BCUT2D eigenvalue weighted by Crippen LogP contribution is -2.49. The van der Waals surface area contributed by atoms with Crippen LogP contribution in [0.2, 0.25) is 0 Å². The van der Waals surface area contributed by atoms with E-state index in [1.54, 1.807) is 14.2 Å². The van der Waals surface area contributed by atoms with Gasteiger partial charge in [-0.3, -0.25) is 4.90 Å². The van der Waals surface area contributed by atoms with Crippen LogP contribution in [0.5, 0.6) is 11.5 Å². The molecule has 2 N–H and O–H groups in total. The molecule has 0 radical (unpaired) electrons. The first-order chi connectivity index (χ1) is 12.6. The van der Waals surface area contributed by atoms with Crippen molar-refractivity contribution in [1.29, 1.82) is 0 Å². The van der Waals surface area contributed by atoms with Crippen LogP contribution in [0.1, 0.15) is 40.6 Å². The summed E-state index contributed by atoms with van der Waals surface area (Å²) in [5, 5.41) is 0. The van der Waals surface area contributed by atoms with Crippen LogP contribution < -0.4 is 15.2 Å². The fourth-order valence-corrected chi connectivity index (χ4v) is 4.64. The minimum absolute atomic E-state index is 0.164. The summed E-state index contributed by atoms with van der Waals surface area (Å²) in [5.41, 5.74) is 12.1. The minimum atomic E-state index is 0.164. The van der Waals surface area contributed by atoms with Crippen LogP contribution in [0.3, 0.4) is 0 Å². The van der Waals surface area contributed by atoms with Crippen LogP contribution in [-0.4, -0.2) is 38.3 Å². The number of benzene rings is 2. The molecule has 2 aliphatic rings. The molecule has 3 atom stereocenters. The Hall–Kier alpha value is -2.04. The fourth-order valence-electron chi connectivity index (χ4n) is 4.64. The number of fused-ring (bicyclic) bond motifs is 3. The molecule has 2 aromatic rings. The van der Waals surface area contributed by atoms with Crippen LogP contribution in [0.25, 0.3) is 0 Å². The van der Waals surface area contributed by atoms with Crippen molar-refractivity contribution in [2.75, 3.05) is 27.3 Å². The monoisotopic (exact) mass is 352 g/mol. The molecule has 2 heterocycles. The number of ether oxygens (including phenoxy) is 2. The molecule has 1 saturated heterocycles. The Morgan fingerprint density at radius 3 is 2.58 bits per heavy atom. The zero-order chi connectivity index (χ0) is 18.3. The third-order valence-corrected chi connectivity index (χ3v) is 6.03. The van der Waals surface area contributed by atoms with Gasteiger partial charge in [0.05, 0.1) is 14.2 Å². The standard InChI is InChI=1S/C22H28N2O2/c1-14-5-4-6-15(9-14)18-13-24-8-7-16-10-21(25-2)22(26-3)11-17(16)20(24)12-19(18)23/h4-6,9-11,18-20H,7-8,12-13,23H2,1-3H3/t18-,19-,20?/m0/s1. The van der Waals surface area contributed by atoms with Crippen LogP contribution in [0, 0.1) is 6.92 Å². The van der Waals surface area contributed by atoms with Gasteiger partial charge in [0, 0.05) is 31.1 Å². The molecule has 0 spiro atoms. The van der Waals surface area contributed by atoms with Crippen molar-refractivity contribution in [3.05, 3.63) is 58.7 Å². The normalized spacial score (nSPS) is 25.3. The second-order valence-electron chi connectivity index (χ2n) is 7.59. The zero-order valence-corrected chi connectivity index (χ0v) is 15.9. The number of piperidine rings is 1. The van der Waals surface area contributed by atoms with Gasteiger partial charge < -0.3 is 15.2 Å². The Labute approximate surface area is 155 Å². The number of aryl methyl sites for hydroxylation is 1. The lowest BCUT2D eigenvalue weighted by Gasteiger charge is -2.46. The number of hydrogen-bond acceptors (Lipinski definition) is 4. The molecule has 26 heavy (non-hydrogen) atoms. The Balaban J connectivity index is 1.64. The summed E-state index contributed by atoms with van der Waals surface area (Å²) < 4.78 is 11.0. The summed E-state index contributed by atoms with van der Waals surface area (Å²) >= 11 is 0. The SMILES string of the molecule is COc1cc2c(cc1OC)C1C[C@H](N)[C@H](c3cccc(C)c3)CN1CC2. The highest BCUT2D eigenvalue weighted by atomic mass is 16.5. The Kier molecular flexibility index (Phi) is 4.63. The zero-order valence-electron chi connectivity index (χ0n) is 15.9. The summed E-state index contributed by atoms with van der Waals surface area (Å²) in [6.45, 7) is 4.24. The average Bonchev–Trinajstić information content (AvgIpc) is 2.66. The summed E-state index contributed by atoms with van der Waals surface area (Å²) in [6.07, 6.45) is 2.02. The number of rotatable bonds is 3. The van der Waals surface area contributed by atoms with E-state index in [2.05, 4.69) is 48.2 Å². The van der Waals surface area contributed by atoms with Gasteiger partial charge in [0.25, 0.3) is 0 Å². The van der Waals surface area contributed by atoms with Crippen molar-refractivity contribution in [2.24, 2.45) is 5.73 Å². The maximum absolute atomic E-state index is 6.67. The van der Waals surface area contributed by atoms with E-state index in [0.717, 1.165) is 37.4 Å². The molecule has 4 heteroatoms. The van der Waals surface area contributed by atoms with Gasteiger partial charge in [-0.05, 0) is 48.6 Å². The molecule has 4 nitrogen and oxygen atoms in total. The van der Waals surface area contributed by atoms with Crippen LogP contribution in [-0.2, 0) is 6.42 Å². The molecule has 2 aromatic carbocycles. The van der Waals surface area contributed by atoms with Crippen molar-refractivity contribution in [1.82, 2.24) is 4.90 Å². The number of nitrogens with two attached hydrogens (primary N) is 1. The summed E-state index contributed by atoms with van der Waals surface area (Å²) in [7, 11) is 3.40. The van der Waals surface area contributed by atoms with E-state index < -0.39 is 0 Å². The van der Waals surface area contributed by atoms with Gasteiger partial charge >= 0.3 is 0 Å². The predicted octanol–water partition coefficient (Wildman–Crippen LogP) is 3.43. The van der Waals surface area contributed by atoms with Gasteiger partial charge in [0.15, 0.2) is 11.5 Å². The van der Waals surface area contributed by atoms with Gasteiger partial charge in [-0.1, -0.05) is 29.8 Å². The largest absolute Gasteiger partial charge is 0.493 e. The Morgan fingerprint density at radius 2 is 1.85 bits per heavy atom. The lowest BCUT2D eigenvalue weighted by molar-refractivity contribution is 0.109. The smallest absolute Gasteiger partial charge is 0.161 e. The first-order valence-corrected chi connectivity index (χ1v) is 9.41. The van der Waals surface area contributed by atoms with Gasteiger partial charge in [-0.15, -0.1) is 0 Å². The van der Waals surface area contributed by atoms with Crippen molar-refractivity contribution >= 4 is 0 Å². The fraction of sp³-hybridized carbons (Fsp3) is 0.455. The van der Waals surface area contributed by atoms with Crippen molar-refractivity contribution in [3.63, 3.8) is 0 Å². The van der Waals surface area contributed by atoms with Crippen molar-refractivity contribution < 1.29 is 9.47 Å². The molecule has 1 fully saturated rings. The van der Waals surface area contributed by atoms with E-state index in [1.807, 2.05) is 0 Å². The van der Waals surface area contributed by atoms with E-state index in [4.69, 9.17) is 15.2 Å². The maximum atomic E-state index is 6.67. The van der Waals surface area contributed by atoms with Crippen LogP contribution in [0.15, 0.2) is 36.4 Å². The summed E-state index contributed by atoms with van der Waals surface area (Å²) in [6, 6.07) is 13.6. The van der Waals surface area contributed by atoms with Crippen molar-refractivity contribution in [3.8, 4) is 11.5 Å². The molecule has 0 aliphatic carbocycles. The number of nitrogens with zero attached hydrogens (tertiary/aromatic N) is 1. The van der Waals surface area contributed by atoms with E-state index in [0.29, 0.717) is 12.0 Å². The molecular weight excluding hydrogens is 324 g/mol. The quantitative estimate of drug-likeness (QED) is 0.919. The summed E-state index contributed by atoms with van der Waals surface area (Å²) in [4.78, 5) is 2.60. The van der Waals surface area contributed by atoms with Gasteiger partial charge in [0.2, 0.25) is 0 Å². The highest BCUT2D eigenvalue weighted by Gasteiger charge is 2.38. The molecule has 0 amide bonds. The van der Waals surface area contributed by atoms with Gasteiger partial charge in [-0.2, -0.15) is 0 Å². The van der Waals surface area contributed by atoms with E-state index in [-0.39, 0.29) is 6.04 Å². The second-order valence-corrected chi connectivity index (χ2v) is 7.59. The molecule has 0 saturated carbocycles. The van der Waals surface area contributed by atoms with E-state index in [1.165, 1.54) is 22.3 Å². The first kappa shape index (κ1) is 17.4. The second kappa shape index (κ2) is 6.93. The van der Waals surface area contributed by atoms with E-state index in [9.17, 15) is 0 Å². The van der Waals surface area contributed by atoms with Gasteiger partial charge in [0.1, 0.15) is 0 Å². The molecule has 138 valence electrons. The molecule has 2 aliphatic heterocycles. The topological polar surface area (TPSA) is 47.7 Å². The highest BCUT2D eigenvalue weighted by molar-refractivity contribution is 5.50. The molecule has 1 unspecified atom stereocenters.